The van der Waals surface area contributed by atoms with Crippen LogP contribution in [-0.4, -0.2) is 48.8 Å². The lowest BCUT2D eigenvalue weighted by Gasteiger charge is -2.35. The van der Waals surface area contributed by atoms with Gasteiger partial charge in [0.2, 0.25) is 10.0 Å². The predicted molar refractivity (Wildman–Crippen MR) is 106 cm³/mol. The SMILES string of the molecule is O=[N+]([O-])c1ccc2nccc(N3CCN(S(=O)(=O)c4ccccc4)CC3)c2c1. The van der Waals surface area contributed by atoms with E-state index in [1.54, 1.807) is 42.6 Å². The van der Waals surface area contributed by atoms with Gasteiger partial charge in [-0.2, -0.15) is 4.31 Å². The van der Waals surface area contributed by atoms with Gasteiger partial charge in [-0.1, -0.05) is 18.2 Å². The van der Waals surface area contributed by atoms with E-state index >= 15 is 0 Å². The third kappa shape index (κ3) is 3.30. The van der Waals surface area contributed by atoms with Crippen molar-refractivity contribution >= 4 is 32.3 Å². The van der Waals surface area contributed by atoms with Crippen molar-refractivity contribution in [2.24, 2.45) is 0 Å². The third-order valence-electron chi connectivity index (χ3n) is 4.87. The Bertz CT molecular complexity index is 1130. The first kappa shape index (κ1) is 18.3. The van der Waals surface area contributed by atoms with Gasteiger partial charge in [-0.15, -0.1) is 0 Å². The number of anilines is 1. The van der Waals surface area contributed by atoms with E-state index in [4.69, 9.17) is 0 Å². The molecule has 0 aliphatic carbocycles. The fraction of sp³-hybridized carbons (Fsp3) is 0.211. The van der Waals surface area contributed by atoms with Crippen molar-refractivity contribution < 1.29 is 13.3 Å². The first-order valence-electron chi connectivity index (χ1n) is 8.80. The number of benzene rings is 2. The van der Waals surface area contributed by atoms with E-state index in [9.17, 15) is 18.5 Å². The first-order chi connectivity index (χ1) is 13.5. The summed E-state index contributed by atoms with van der Waals surface area (Å²) in [5.74, 6) is 0. The Hall–Kier alpha value is -3.04. The van der Waals surface area contributed by atoms with Crippen LogP contribution in [0.25, 0.3) is 10.9 Å². The molecule has 2 aromatic carbocycles. The van der Waals surface area contributed by atoms with Gasteiger partial charge in [0.05, 0.1) is 15.3 Å². The van der Waals surface area contributed by atoms with Gasteiger partial charge < -0.3 is 4.90 Å². The van der Waals surface area contributed by atoms with Crippen molar-refractivity contribution in [2.45, 2.75) is 4.90 Å². The number of nitro benzene ring substituents is 1. The van der Waals surface area contributed by atoms with Gasteiger partial charge in [-0.3, -0.25) is 15.1 Å². The highest BCUT2D eigenvalue weighted by Crippen LogP contribution is 2.30. The van der Waals surface area contributed by atoms with Crippen LogP contribution >= 0.6 is 0 Å². The third-order valence-corrected chi connectivity index (χ3v) is 6.79. The summed E-state index contributed by atoms with van der Waals surface area (Å²) in [7, 11) is -3.52. The van der Waals surface area contributed by atoms with Gasteiger partial charge in [0, 0.05) is 55.6 Å². The first-order valence-corrected chi connectivity index (χ1v) is 10.2. The smallest absolute Gasteiger partial charge is 0.270 e. The molecule has 1 fully saturated rings. The van der Waals surface area contributed by atoms with E-state index in [-0.39, 0.29) is 10.6 Å². The Balaban J connectivity index is 1.59. The average molecular weight is 398 g/mol. The topological polar surface area (TPSA) is 96.7 Å². The number of hydrogen-bond acceptors (Lipinski definition) is 6. The Morgan fingerprint density at radius 3 is 2.36 bits per heavy atom. The Morgan fingerprint density at radius 1 is 0.964 bits per heavy atom. The van der Waals surface area contributed by atoms with Crippen LogP contribution in [0.15, 0.2) is 65.7 Å². The summed E-state index contributed by atoms with van der Waals surface area (Å²) >= 11 is 0. The second kappa shape index (κ2) is 7.17. The molecule has 1 saturated heterocycles. The molecule has 0 unspecified atom stereocenters. The van der Waals surface area contributed by atoms with E-state index in [2.05, 4.69) is 4.98 Å². The van der Waals surface area contributed by atoms with Crippen molar-refractivity contribution in [2.75, 3.05) is 31.1 Å². The largest absolute Gasteiger partial charge is 0.368 e. The van der Waals surface area contributed by atoms with E-state index in [1.807, 2.05) is 11.0 Å². The molecule has 0 atom stereocenters. The number of hydrogen-bond donors (Lipinski definition) is 0. The van der Waals surface area contributed by atoms with Crippen molar-refractivity contribution in [1.29, 1.82) is 0 Å². The number of non-ortho nitro benzene ring substituents is 1. The van der Waals surface area contributed by atoms with Crippen LogP contribution in [0.4, 0.5) is 11.4 Å². The molecule has 0 saturated carbocycles. The number of nitro groups is 1. The van der Waals surface area contributed by atoms with Gasteiger partial charge in [0.1, 0.15) is 0 Å². The summed E-state index contributed by atoms with van der Waals surface area (Å²) in [5.41, 5.74) is 1.50. The molecule has 1 aromatic heterocycles. The number of sulfonamides is 1. The number of rotatable bonds is 4. The molecule has 0 N–H and O–H groups in total. The molecule has 0 amide bonds. The molecule has 1 aliphatic rings. The van der Waals surface area contributed by atoms with E-state index in [1.165, 1.54) is 16.4 Å². The molecule has 2 heterocycles. The molecule has 3 aromatic rings. The molecule has 0 bridgehead atoms. The zero-order valence-electron chi connectivity index (χ0n) is 14.9. The summed E-state index contributed by atoms with van der Waals surface area (Å²) in [6.45, 7) is 1.67. The minimum Gasteiger partial charge on any atom is -0.368 e. The van der Waals surface area contributed by atoms with Crippen molar-refractivity contribution in [3.8, 4) is 0 Å². The summed E-state index contributed by atoms with van der Waals surface area (Å²) in [4.78, 5) is 17.3. The molecule has 4 rings (SSSR count). The number of aromatic nitrogens is 1. The van der Waals surface area contributed by atoms with E-state index in [0.29, 0.717) is 37.1 Å². The van der Waals surface area contributed by atoms with Crippen LogP contribution < -0.4 is 4.90 Å². The molecule has 1 aliphatic heterocycles. The van der Waals surface area contributed by atoms with Crippen LogP contribution in [0.2, 0.25) is 0 Å². The van der Waals surface area contributed by atoms with Gasteiger partial charge in [-0.25, -0.2) is 8.42 Å². The van der Waals surface area contributed by atoms with Crippen LogP contribution in [0.3, 0.4) is 0 Å². The molecule has 0 radical (unpaired) electrons. The zero-order chi connectivity index (χ0) is 19.7. The highest BCUT2D eigenvalue weighted by Gasteiger charge is 2.29. The number of piperazine rings is 1. The second-order valence-electron chi connectivity index (χ2n) is 6.49. The van der Waals surface area contributed by atoms with E-state index in [0.717, 1.165) is 5.69 Å². The van der Waals surface area contributed by atoms with Crippen LogP contribution in [0, 0.1) is 10.1 Å². The van der Waals surface area contributed by atoms with Gasteiger partial charge in [0.25, 0.3) is 5.69 Å². The fourth-order valence-corrected chi connectivity index (χ4v) is 4.86. The average Bonchev–Trinajstić information content (AvgIpc) is 2.73. The summed E-state index contributed by atoms with van der Waals surface area (Å²) in [6, 6.07) is 14.8. The lowest BCUT2D eigenvalue weighted by molar-refractivity contribution is -0.384. The normalized spacial score (nSPS) is 15.6. The fourth-order valence-electron chi connectivity index (χ4n) is 3.42. The maximum Gasteiger partial charge on any atom is 0.270 e. The van der Waals surface area contributed by atoms with Crippen LogP contribution in [0.1, 0.15) is 0 Å². The molecule has 28 heavy (non-hydrogen) atoms. The van der Waals surface area contributed by atoms with Gasteiger partial charge >= 0.3 is 0 Å². The molecule has 9 heteroatoms. The minimum atomic E-state index is -3.52. The summed E-state index contributed by atoms with van der Waals surface area (Å²) < 4.78 is 27.0. The monoisotopic (exact) mass is 398 g/mol. The quantitative estimate of drug-likeness (QED) is 0.495. The maximum absolute atomic E-state index is 12.8. The van der Waals surface area contributed by atoms with E-state index < -0.39 is 14.9 Å². The summed E-state index contributed by atoms with van der Waals surface area (Å²) in [5, 5.41) is 11.8. The number of nitrogens with zero attached hydrogens (tertiary/aromatic N) is 4. The van der Waals surface area contributed by atoms with Crippen LogP contribution in [-0.2, 0) is 10.0 Å². The maximum atomic E-state index is 12.8. The van der Waals surface area contributed by atoms with Crippen LogP contribution in [0.5, 0.6) is 0 Å². The highest BCUT2D eigenvalue weighted by atomic mass is 32.2. The lowest BCUT2D eigenvalue weighted by Crippen LogP contribution is -2.48. The summed E-state index contributed by atoms with van der Waals surface area (Å²) in [6.07, 6.45) is 1.66. The molecule has 0 spiro atoms. The zero-order valence-corrected chi connectivity index (χ0v) is 15.7. The number of pyridine rings is 1. The van der Waals surface area contributed by atoms with Crippen molar-refractivity contribution in [3.63, 3.8) is 0 Å². The second-order valence-corrected chi connectivity index (χ2v) is 8.43. The Morgan fingerprint density at radius 2 is 1.68 bits per heavy atom. The molecule has 144 valence electrons. The van der Waals surface area contributed by atoms with Gasteiger partial charge in [-0.05, 0) is 24.3 Å². The predicted octanol–water partition coefficient (Wildman–Crippen LogP) is 2.65. The van der Waals surface area contributed by atoms with Crippen molar-refractivity contribution in [1.82, 2.24) is 9.29 Å². The Labute approximate surface area is 162 Å². The highest BCUT2D eigenvalue weighted by molar-refractivity contribution is 7.89. The molecular formula is C19H18N4O4S. The van der Waals surface area contributed by atoms with Crippen molar-refractivity contribution in [3.05, 3.63) is 70.9 Å². The standard InChI is InChI=1S/C19H18N4O4S/c24-23(25)15-6-7-18-17(14-15)19(8-9-20-18)21-10-12-22(13-11-21)28(26,27)16-4-2-1-3-5-16/h1-9,14H,10-13H2. The lowest BCUT2D eigenvalue weighted by atomic mass is 10.1. The minimum absolute atomic E-state index is 0.00652. The number of fused-ring (bicyclic) bond motifs is 1. The van der Waals surface area contributed by atoms with Gasteiger partial charge in [0.15, 0.2) is 0 Å². The Kier molecular flexibility index (Phi) is 4.70. The molecular weight excluding hydrogens is 380 g/mol. The molecule has 8 nitrogen and oxygen atoms in total.